The summed E-state index contributed by atoms with van der Waals surface area (Å²) in [6.45, 7) is 0. The van der Waals surface area contributed by atoms with Crippen LogP contribution >= 0.6 is 0 Å². The van der Waals surface area contributed by atoms with Gasteiger partial charge in [-0.15, -0.1) is 71.8 Å². The molecule has 0 aliphatic rings. The third-order valence-corrected chi connectivity index (χ3v) is 8.95. The van der Waals surface area contributed by atoms with Crippen LogP contribution in [0.25, 0.3) is 67.0 Å². The molecule has 5 heterocycles. The van der Waals surface area contributed by atoms with E-state index in [0.717, 1.165) is 50.0 Å². The SMILES string of the molecule is [Pd+2].[Pt+2].[c-]1c(Oc2[c-]c3c(cc2)c2ccc(Oc4[c-]c(-c5ccccn5)ccc4)[c-]c2n3-c2ncc(-n3cnc4ccccc43)cn2)cccc1-c1ccccn1. The predicted octanol–water partition coefficient (Wildman–Crippen LogP) is 9.82. The Hall–Kier alpha value is -6.30. The first-order chi connectivity index (χ1) is 26.7. The molecule has 10 aromatic rings. The fourth-order valence-electron chi connectivity index (χ4n) is 6.46. The maximum atomic E-state index is 6.35. The molecule has 56 heavy (non-hydrogen) atoms. The molecule has 9 nitrogen and oxygen atoms in total. The Morgan fingerprint density at radius 3 is 1.57 bits per heavy atom. The second kappa shape index (κ2) is 15.8. The van der Waals surface area contributed by atoms with Gasteiger partial charge in [0.25, 0.3) is 0 Å². The van der Waals surface area contributed by atoms with Gasteiger partial charge in [0.05, 0.1) is 29.1 Å². The molecule has 0 saturated heterocycles. The summed E-state index contributed by atoms with van der Waals surface area (Å²) in [5, 5.41) is 1.84. The average Bonchev–Trinajstić information content (AvgIpc) is 3.81. The van der Waals surface area contributed by atoms with Crippen LogP contribution < -0.4 is 9.47 Å². The Kier molecular flexibility index (Phi) is 10.4. The van der Waals surface area contributed by atoms with Crippen molar-refractivity contribution in [2.24, 2.45) is 0 Å². The molecule has 272 valence electrons. The summed E-state index contributed by atoms with van der Waals surface area (Å²) in [4.78, 5) is 23.2. The van der Waals surface area contributed by atoms with E-state index >= 15 is 0 Å². The summed E-state index contributed by atoms with van der Waals surface area (Å²) in [6, 6.07) is 52.4. The van der Waals surface area contributed by atoms with Gasteiger partial charge in [-0.05, 0) is 35.7 Å². The zero-order valence-corrected chi connectivity index (χ0v) is 32.8. The van der Waals surface area contributed by atoms with E-state index in [1.165, 1.54) is 0 Å². The fraction of sp³-hybridized carbons (Fsp3) is 0. The summed E-state index contributed by atoms with van der Waals surface area (Å²) in [5.41, 5.74) is 7.31. The first-order valence-electron chi connectivity index (χ1n) is 17.1. The number of nitrogens with zero attached hydrogens (tertiary/aromatic N) is 7. The van der Waals surface area contributed by atoms with Crippen molar-refractivity contribution in [3.8, 4) is 57.1 Å². The minimum absolute atomic E-state index is 0. The minimum Gasteiger partial charge on any atom is -0.503 e. The van der Waals surface area contributed by atoms with Crippen LogP contribution in [-0.4, -0.2) is 34.1 Å². The van der Waals surface area contributed by atoms with Gasteiger partial charge in [0, 0.05) is 35.4 Å². The van der Waals surface area contributed by atoms with E-state index in [-0.39, 0.29) is 41.5 Å². The van der Waals surface area contributed by atoms with E-state index in [1.54, 1.807) is 31.1 Å². The van der Waals surface area contributed by atoms with E-state index in [0.29, 0.717) is 40.0 Å². The number of imidazole rings is 1. The molecule has 0 saturated carbocycles. The van der Waals surface area contributed by atoms with Crippen molar-refractivity contribution < 1.29 is 51.0 Å². The molecule has 11 heteroatoms. The molecular weight excluding hydrogens is 972 g/mol. The van der Waals surface area contributed by atoms with Gasteiger partial charge in [0.15, 0.2) is 0 Å². The molecule has 5 aromatic carbocycles. The van der Waals surface area contributed by atoms with E-state index in [9.17, 15) is 0 Å². The van der Waals surface area contributed by atoms with Gasteiger partial charge in [-0.25, -0.2) is 15.0 Å². The second-order valence-electron chi connectivity index (χ2n) is 12.3. The molecule has 0 bridgehead atoms. The largest absolute Gasteiger partial charge is 2.00 e. The van der Waals surface area contributed by atoms with Crippen molar-refractivity contribution in [3.05, 3.63) is 177 Å². The quantitative estimate of drug-likeness (QED) is 0.111. The summed E-state index contributed by atoms with van der Waals surface area (Å²) in [7, 11) is 0. The molecule has 10 rings (SSSR count). The molecule has 0 unspecified atom stereocenters. The van der Waals surface area contributed by atoms with Crippen molar-refractivity contribution in [2.75, 3.05) is 0 Å². The van der Waals surface area contributed by atoms with Crippen LogP contribution in [-0.2, 0) is 41.5 Å². The molecule has 0 atom stereocenters. The van der Waals surface area contributed by atoms with Crippen LogP contribution in [0.1, 0.15) is 0 Å². The van der Waals surface area contributed by atoms with Crippen molar-refractivity contribution in [3.63, 3.8) is 0 Å². The zero-order chi connectivity index (χ0) is 35.8. The first kappa shape index (κ1) is 36.7. The normalized spacial score (nSPS) is 10.9. The summed E-state index contributed by atoms with van der Waals surface area (Å²) >= 11 is 0. The van der Waals surface area contributed by atoms with Gasteiger partial charge in [-0.3, -0.25) is 4.57 Å². The molecule has 0 aliphatic carbocycles. The van der Waals surface area contributed by atoms with Crippen LogP contribution in [0.4, 0.5) is 0 Å². The molecule has 0 aliphatic heterocycles. The number of hydrogen-bond acceptors (Lipinski definition) is 7. The smallest absolute Gasteiger partial charge is 0.503 e. The third-order valence-electron chi connectivity index (χ3n) is 8.95. The Bertz CT molecular complexity index is 2810. The van der Waals surface area contributed by atoms with Crippen molar-refractivity contribution in [1.82, 2.24) is 34.1 Å². The second-order valence-corrected chi connectivity index (χ2v) is 12.3. The number of hydrogen-bond donors (Lipinski definition) is 0. The van der Waals surface area contributed by atoms with Gasteiger partial charge in [0.2, 0.25) is 5.95 Å². The minimum atomic E-state index is 0. The van der Waals surface area contributed by atoms with Gasteiger partial charge in [-0.2, -0.15) is 22.9 Å². The first-order valence-corrected chi connectivity index (χ1v) is 17.1. The number of fused-ring (bicyclic) bond motifs is 4. The standard InChI is InChI=1S/C45H25N7O2.Pd.Pt/c1-2-16-42-41(15-1)50-29-51(42)32-27-48-45(49-28-32)52-43-25-35(53-33-11-7-9-30(23-33)39-13-3-5-21-46-39)17-19-37(43)38-20-18-36(26-44(38)52)54-34-12-8-10-31(24-34)40-14-4-6-22-47-40;;/h1-22,27-29H;;/q-4;2*+2. The Morgan fingerprint density at radius 2 is 1.02 bits per heavy atom. The molecule has 0 fully saturated rings. The molecule has 0 N–H and O–H groups in total. The monoisotopic (exact) mass is 996 g/mol. The molecule has 0 amide bonds. The van der Waals surface area contributed by atoms with Crippen LogP contribution in [0.5, 0.6) is 23.0 Å². The van der Waals surface area contributed by atoms with E-state index < -0.39 is 0 Å². The van der Waals surface area contributed by atoms with Gasteiger partial charge >= 0.3 is 41.5 Å². The average molecular weight is 997 g/mol. The molecular formula is C45H25N7O2PdPt. The number of pyridine rings is 2. The maximum Gasteiger partial charge on any atom is 2.00 e. The van der Waals surface area contributed by atoms with E-state index in [4.69, 9.17) is 19.4 Å². The van der Waals surface area contributed by atoms with Crippen LogP contribution in [0.3, 0.4) is 0 Å². The van der Waals surface area contributed by atoms with E-state index in [2.05, 4.69) is 39.2 Å². The molecule has 0 spiro atoms. The number of ether oxygens (including phenoxy) is 2. The summed E-state index contributed by atoms with van der Waals surface area (Å²) in [5.74, 6) is 2.50. The van der Waals surface area contributed by atoms with E-state index in [1.807, 2.05) is 130 Å². The van der Waals surface area contributed by atoms with Crippen LogP contribution in [0.2, 0.25) is 0 Å². The topological polar surface area (TPSA) is 92.8 Å². The Balaban J connectivity index is 0.00000220. The Labute approximate surface area is 349 Å². The van der Waals surface area contributed by atoms with Gasteiger partial charge in [0.1, 0.15) is 6.33 Å². The van der Waals surface area contributed by atoms with Crippen LogP contribution in [0.15, 0.2) is 152 Å². The number of aromatic nitrogens is 7. The number of para-hydroxylation sites is 2. The Morgan fingerprint density at radius 1 is 0.482 bits per heavy atom. The van der Waals surface area contributed by atoms with Crippen LogP contribution in [0, 0.1) is 24.3 Å². The van der Waals surface area contributed by atoms with Crippen molar-refractivity contribution in [1.29, 1.82) is 0 Å². The molecule has 0 radical (unpaired) electrons. The maximum absolute atomic E-state index is 6.35. The number of benzene rings is 5. The summed E-state index contributed by atoms with van der Waals surface area (Å²) < 4.78 is 16.6. The zero-order valence-electron chi connectivity index (χ0n) is 29.0. The van der Waals surface area contributed by atoms with Gasteiger partial charge in [-0.1, -0.05) is 59.6 Å². The predicted molar refractivity (Wildman–Crippen MR) is 206 cm³/mol. The van der Waals surface area contributed by atoms with Crippen molar-refractivity contribution >= 4 is 32.8 Å². The number of rotatable bonds is 8. The molecule has 5 aromatic heterocycles. The van der Waals surface area contributed by atoms with Gasteiger partial charge < -0.3 is 24.0 Å². The van der Waals surface area contributed by atoms with Crippen molar-refractivity contribution in [2.45, 2.75) is 0 Å². The summed E-state index contributed by atoms with van der Waals surface area (Å²) in [6.07, 6.45) is 8.86. The fourth-order valence-corrected chi connectivity index (χ4v) is 6.46. The third kappa shape index (κ3) is 7.02.